The van der Waals surface area contributed by atoms with E-state index in [0.717, 1.165) is 0 Å². The third-order valence-corrected chi connectivity index (χ3v) is 0.407. The smallest absolute Gasteiger partial charge is 0.0105 e. The first-order chi connectivity index (χ1) is 2.41. The predicted molar refractivity (Wildman–Crippen MR) is 27.1 cm³/mol. The Labute approximate surface area is 36.5 Å². The van der Waals surface area contributed by atoms with Crippen LogP contribution in [0, 0.1) is 5.41 Å². The van der Waals surface area contributed by atoms with Gasteiger partial charge in [-0.2, -0.15) is 0 Å². The Morgan fingerprint density at radius 1 is 1.80 bits per heavy atom. The van der Waals surface area contributed by atoms with Crippen LogP contribution in [0.5, 0.6) is 0 Å². The molecule has 5 heavy (non-hydrogen) atoms. The standard InChI is InChI=1S/C3H5NS/c4-2-1-3-5/h2-4H,1H2. The van der Waals surface area contributed by atoms with E-state index in [2.05, 4.69) is 12.2 Å². The summed E-state index contributed by atoms with van der Waals surface area (Å²) in [4.78, 5) is 0. The van der Waals surface area contributed by atoms with Crippen molar-refractivity contribution in [1.82, 2.24) is 0 Å². The zero-order valence-electron chi connectivity index (χ0n) is 2.77. The van der Waals surface area contributed by atoms with Crippen LogP contribution in [0.2, 0.25) is 0 Å². The predicted octanol–water partition coefficient (Wildman–Crippen LogP) is 1.03. The third-order valence-electron chi connectivity index (χ3n) is 0.214. The van der Waals surface area contributed by atoms with Crippen molar-refractivity contribution in [3.8, 4) is 0 Å². The molecule has 0 spiro atoms. The van der Waals surface area contributed by atoms with Crippen molar-refractivity contribution in [2.45, 2.75) is 6.42 Å². The summed E-state index contributed by atoms with van der Waals surface area (Å²) < 4.78 is 0. The summed E-state index contributed by atoms with van der Waals surface area (Å²) in [6.07, 6.45) is 1.89. The largest absolute Gasteiger partial charge is 0.313 e. The van der Waals surface area contributed by atoms with Gasteiger partial charge in [0.15, 0.2) is 0 Å². The third kappa shape index (κ3) is 3.76. The highest BCUT2D eigenvalue weighted by atomic mass is 32.1. The normalized spacial score (nSPS) is 6.40. The minimum Gasteiger partial charge on any atom is -0.313 e. The van der Waals surface area contributed by atoms with Gasteiger partial charge in [0.25, 0.3) is 0 Å². The molecule has 0 aromatic carbocycles. The second-order valence-corrected chi connectivity index (χ2v) is 0.940. The summed E-state index contributed by atoms with van der Waals surface area (Å²) in [7, 11) is 0. The monoisotopic (exact) mass is 87.0 g/mol. The number of hydrogen-bond donors (Lipinski definition) is 1. The first-order valence-electron chi connectivity index (χ1n) is 1.34. The van der Waals surface area contributed by atoms with Crippen LogP contribution in [0.25, 0.3) is 0 Å². The number of thiocarbonyl (C=S) groups is 1. The van der Waals surface area contributed by atoms with E-state index in [-0.39, 0.29) is 0 Å². The Hall–Kier alpha value is -0.240. The topological polar surface area (TPSA) is 23.9 Å². The highest BCUT2D eigenvalue weighted by Crippen LogP contribution is 1.57. The Morgan fingerprint density at radius 2 is 2.40 bits per heavy atom. The summed E-state index contributed by atoms with van der Waals surface area (Å²) in [6.45, 7) is 0. The van der Waals surface area contributed by atoms with Crippen molar-refractivity contribution in [2.75, 3.05) is 0 Å². The molecule has 0 rings (SSSR count). The van der Waals surface area contributed by atoms with Crippen LogP contribution < -0.4 is 0 Å². The maximum atomic E-state index is 6.38. The molecule has 1 nitrogen and oxygen atoms in total. The summed E-state index contributed by atoms with van der Waals surface area (Å²) in [5, 5.41) is 7.90. The van der Waals surface area contributed by atoms with Crippen molar-refractivity contribution in [3.63, 3.8) is 0 Å². The second kappa shape index (κ2) is 3.76. The van der Waals surface area contributed by atoms with Gasteiger partial charge in [-0.1, -0.05) is 12.2 Å². The van der Waals surface area contributed by atoms with Gasteiger partial charge in [0.05, 0.1) is 0 Å². The Morgan fingerprint density at radius 3 is 2.40 bits per heavy atom. The lowest BCUT2D eigenvalue weighted by Crippen LogP contribution is -1.65. The number of rotatable bonds is 2. The van der Waals surface area contributed by atoms with Crippen molar-refractivity contribution < 1.29 is 0 Å². The molecule has 0 aromatic rings. The van der Waals surface area contributed by atoms with Crippen molar-refractivity contribution in [2.24, 2.45) is 0 Å². The van der Waals surface area contributed by atoms with E-state index >= 15 is 0 Å². The lowest BCUT2D eigenvalue weighted by atomic mass is 10.6. The lowest BCUT2D eigenvalue weighted by Gasteiger charge is -1.60. The van der Waals surface area contributed by atoms with Gasteiger partial charge in [-0.05, 0) is 11.6 Å². The molecule has 0 atom stereocenters. The fourth-order valence-corrected chi connectivity index (χ4v) is 0.144. The number of hydrogen-bond acceptors (Lipinski definition) is 2. The molecule has 0 saturated carbocycles. The number of nitrogens with one attached hydrogen (secondary N) is 1. The van der Waals surface area contributed by atoms with E-state index in [4.69, 9.17) is 5.41 Å². The Kier molecular flexibility index (Phi) is 3.58. The van der Waals surface area contributed by atoms with E-state index in [0.29, 0.717) is 6.42 Å². The molecule has 0 amide bonds. The van der Waals surface area contributed by atoms with Crippen LogP contribution in [0.3, 0.4) is 0 Å². The molecular formula is C3H5NS. The Balaban J connectivity index is 2.65. The van der Waals surface area contributed by atoms with Crippen LogP contribution >= 0.6 is 12.2 Å². The molecular weight excluding hydrogens is 82.1 g/mol. The second-order valence-electron chi connectivity index (χ2n) is 0.606. The van der Waals surface area contributed by atoms with E-state index in [1.165, 1.54) is 11.6 Å². The molecule has 0 fully saturated rings. The maximum absolute atomic E-state index is 6.38. The van der Waals surface area contributed by atoms with Gasteiger partial charge in [0, 0.05) is 6.42 Å². The van der Waals surface area contributed by atoms with Gasteiger partial charge >= 0.3 is 0 Å². The SMILES string of the molecule is N=CCC=S. The molecule has 0 heterocycles. The van der Waals surface area contributed by atoms with Crippen molar-refractivity contribution in [3.05, 3.63) is 0 Å². The first-order valence-corrected chi connectivity index (χ1v) is 1.81. The highest BCUT2D eigenvalue weighted by Gasteiger charge is 1.57. The van der Waals surface area contributed by atoms with Crippen LogP contribution in [0.1, 0.15) is 6.42 Å². The minimum atomic E-state index is 0.620. The van der Waals surface area contributed by atoms with Gasteiger partial charge in [0.2, 0.25) is 0 Å². The highest BCUT2D eigenvalue weighted by molar-refractivity contribution is 7.79. The molecule has 0 bridgehead atoms. The summed E-state index contributed by atoms with van der Waals surface area (Å²) in [6, 6.07) is 0. The van der Waals surface area contributed by atoms with Crippen LogP contribution in [-0.4, -0.2) is 11.6 Å². The molecule has 2 heteroatoms. The molecule has 0 aliphatic rings. The molecule has 0 saturated heterocycles. The molecule has 0 unspecified atom stereocenters. The summed E-state index contributed by atoms with van der Waals surface area (Å²) in [5.41, 5.74) is 0. The van der Waals surface area contributed by atoms with Gasteiger partial charge in [0.1, 0.15) is 0 Å². The zero-order chi connectivity index (χ0) is 4.12. The van der Waals surface area contributed by atoms with Crippen molar-refractivity contribution in [1.29, 1.82) is 5.41 Å². The molecule has 0 aromatic heterocycles. The van der Waals surface area contributed by atoms with E-state index < -0.39 is 0 Å². The van der Waals surface area contributed by atoms with Gasteiger partial charge in [-0.15, -0.1) is 0 Å². The average Bonchev–Trinajstić information content (AvgIpc) is 1.41. The summed E-state index contributed by atoms with van der Waals surface area (Å²) in [5.74, 6) is 0. The zero-order valence-corrected chi connectivity index (χ0v) is 3.59. The van der Waals surface area contributed by atoms with Gasteiger partial charge < -0.3 is 5.41 Å². The van der Waals surface area contributed by atoms with E-state index in [1.807, 2.05) is 0 Å². The van der Waals surface area contributed by atoms with Gasteiger partial charge in [-0.25, -0.2) is 0 Å². The summed E-state index contributed by atoms with van der Waals surface area (Å²) >= 11 is 4.37. The molecule has 0 radical (unpaired) electrons. The Bertz CT molecular complexity index is 36.2. The lowest BCUT2D eigenvalue weighted by molar-refractivity contribution is 1.51. The van der Waals surface area contributed by atoms with Crippen molar-refractivity contribution >= 4 is 23.8 Å². The fraction of sp³-hybridized carbons (Fsp3) is 0.333. The maximum Gasteiger partial charge on any atom is 0.0105 e. The molecule has 0 aliphatic heterocycles. The van der Waals surface area contributed by atoms with E-state index in [9.17, 15) is 0 Å². The first kappa shape index (κ1) is 4.76. The van der Waals surface area contributed by atoms with Crippen LogP contribution in [0.4, 0.5) is 0 Å². The minimum absolute atomic E-state index is 0.620. The molecule has 0 aliphatic carbocycles. The molecule has 28 valence electrons. The average molecular weight is 87.1 g/mol. The van der Waals surface area contributed by atoms with E-state index in [1.54, 1.807) is 0 Å². The van der Waals surface area contributed by atoms with Crippen LogP contribution in [0.15, 0.2) is 0 Å². The van der Waals surface area contributed by atoms with Gasteiger partial charge in [-0.3, -0.25) is 0 Å². The van der Waals surface area contributed by atoms with Crippen LogP contribution in [-0.2, 0) is 0 Å². The fourth-order valence-electron chi connectivity index (χ4n) is 0.0481. The quantitative estimate of drug-likeness (QED) is 0.394. The molecule has 1 N–H and O–H groups in total.